The highest BCUT2D eigenvalue weighted by molar-refractivity contribution is 6.02. The number of ether oxygens (including phenoxy) is 2. The monoisotopic (exact) mass is 298 g/mol. The van der Waals surface area contributed by atoms with Crippen LogP contribution in [-0.2, 0) is 0 Å². The molecule has 3 rings (SSSR count). The lowest BCUT2D eigenvalue weighted by Crippen LogP contribution is -2.39. The quantitative estimate of drug-likeness (QED) is 0.915. The van der Waals surface area contributed by atoms with Crippen LogP contribution in [0.5, 0.6) is 11.5 Å². The molecule has 5 heteroatoms. The smallest absolute Gasteiger partial charge is 0.255 e. The standard InChI is InChI=1S/C17H18N2O3/c1-10-6-4-7-11-14(10)18-16(19-17(11)20)12-8-5-9-13(21-2)15(12)22-3/h4-9,16,18H,1-3H3,(H,19,20)/t16-/m1/s1. The number of hydrogen-bond acceptors (Lipinski definition) is 4. The van der Waals surface area contributed by atoms with Crippen molar-refractivity contribution in [2.45, 2.75) is 13.1 Å². The van der Waals surface area contributed by atoms with Gasteiger partial charge in [-0.25, -0.2) is 0 Å². The van der Waals surface area contributed by atoms with Crippen LogP contribution >= 0.6 is 0 Å². The van der Waals surface area contributed by atoms with Gasteiger partial charge in [-0.05, 0) is 24.6 Å². The van der Waals surface area contributed by atoms with Crippen molar-refractivity contribution < 1.29 is 14.3 Å². The molecule has 0 aliphatic carbocycles. The third kappa shape index (κ3) is 2.24. The van der Waals surface area contributed by atoms with Crippen LogP contribution in [0.25, 0.3) is 0 Å². The molecule has 0 aromatic heterocycles. The van der Waals surface area contributed by atoms with E-state index in [1.807, 2.05) is 43.3 Å². The lowest BCUT2D eigenvalue weighted by atomic mass is 10.0. The van der Waals surface area contributed by atoms with Crippen LogP contribution in [-0.4, -0.2) is 20.1 Å². The van der Waals surface area contributed by atoms with E-state index >= 15 is 0 Å². The zero-order valence-corrected chi connectivity index (χ0v) is 12.8. The molecule has 114 valence electrons. The maximum absolute atomic E-state index is 12.4. The van der Waals surface area contributed by atoms with Gasteiger partial charge in [-0.15, -0.1) is 0 Å². The number of carbonyl (C=O) groups excluding carboxylic acids is 1. The Morgan fingerprint density at radius 1 is 1.00 bits per heavy atom. The second-order valence-corrected chi connectivity index (χ2v) is 5.13. The van der Waals surface area contributed by atoms with E-state index < -0.39 is 0 Å². The van der Waals surface area contributed by atoms with Crippen LogP contribution in [0.2, 0.25) is 0 Å². The number of fused-ring (bicyclic) bond motifs is 1. The highest BCUT2D eigenvalue weighted by atomic mass is 16.5. The molecule has 1 aliphatic rings. The molecule has 2 aromatic rings. The zero-order chi connectivity index (χ0) is 15.7. The third-order valence-electron chi connectivity index (χ3n) is 3.83. The number of hydrogen-bond donors (Lipinski definition) is 2. The van der Waals surface area contributed by atoms with E-state index in [2.05, 4.69) is 10.6 Å². The fraction of sp³-hybridized carbons (Fsp3) is 0.235. The first-order chi connectivity index (χ1) is 10.7. The molecule has 0 unspecified atom stereocenters. The van der Waals surface area contributed by atoms with E-state index in [9.17, 15) is 4.79 Å². The summed E-state index contributed by atoms with van der Waals surface area (Å²) in [4.78, 5) is 12.4. The largest absolute Gasteiger partial charge is 0.493 e. The Morgan fingerprint density at radius 3 is 2.50 bits per heavy atom. The summed E-state index contributed by atoms with van der Waals surface area (Å²) in [6.07, 6.45) is -0.369. The minimum absolute atomic E-state index is 0.104. The van der Waals surface area contributed by atoms with Gasteiger partial charge in [0.1, 0.15) is 6.17 Å². The van der Waals surface area contributed by atoms with Crippen molar-refractivity contribution in [2.24, 2.45) is 0 Å². The molecule has 1 atom stereocenters. The van der Waals surface area contributed by atoms with Gasteiger partial charge in [0.15, 0.2) is 11.5 Å². The first-order valence-electron chi connectivity index (χ1n) is 7.03. The van der Waals surface area contributed by atoms with Crippen molar-refractivity contribution in [2.75, 3.05) is 19.5 Å². The van der Waals surface area contributed by atoms with Crippen LogP contribution in [0.15, 0.2) is 36.4 Å². The van der Waals surface area contributed by atoms with Crippen LogP contribution in [0.4, 0.5) is 5.69 Å². The van der Waals surface area contributed by atoms with E-state index in [4.69, 9.17) is 9.47 Å². The first kappa shape index (κ1) is 14.3. The Labute approximate surface area is 129 Å². The average Bonchev–Trinajstić information content (AvgIpc) is 2.54. The maximum Gasteiger partial charge on any atom is 0.255 e. The number of para-hydroxylation sites is 2. The Kier molecular flexibility index (Phi) is 3.63. The fourth-order valence-electron chi connectivity index (χ4n) is 2.73. The number of benzene rings is 2. The molecule has 0 spiro atoms. The Morgan fingerprint density at radius 2 is 1.77 bits per heavy atom. The van der Waals surface area contributed by atoms with Gasteiger partial charge in [0, 0.05) is 5.56 Å². The highest BCUT2D eigenvalue weighted by Gasteiger charge is 2.28. The molecule has 5 nitrogen and oxygen atoms in total. The number of nitrogens with one attached hydrogen (secondary N) is 2. The van der Waals surface area contributed by atoms with Crippen molar-refractivity contribution >= 4 is 11.6 Å². The predicted octanol–water partition coefficient (Wildman–Crippen LogP) is 2.87. The van der Waals surface area contributed by atoms with E-state index in [0.29, 0.717) is 17.1 Å². The average molecular weight is 298 g/mol. The van der Waals surface area contributed by atoms with Gasteiger partial charge in [-0.1, -0.05) is 24.3 Å². The van der Waals surface area contributed by atoms with Crippen molar-refractivity contribution in [3.8, 4) is 11.5 Å². The molecule has 0 saturated heterocycles. The molecule has 0 radical (unpaired) electrons. The minimum atomic E-state index is -0.369. The summed E-state index contributed by atoms with van der Waals surface area (Å²) in [6.45, 7) is 1.98. The summed E-state index contributed by atoms with van der Waals surface area (Å²) < 4.78 is 10.8. The molecule has 1 heterocycles. The van der Waals surface area contributed by atoms with Gasteiger partial charge in [-0.3, -0.25) is 4.79 Å². The zero-order valence-electron chi connectivity index (χ0n) is 12.8. The predicted molar refractivity (Wildman–Crippen MR) is 84.6 cm³/mol. The topological polar surface area (TPSA) is 59.6 Å². The first-order valence-corrected chi connectivity index (χ1v) is 7.03. The molecule has 22 heavy (non-hydrogen) atoms. The van der Waals surface area contributed by atoms with Gasteiger partial charge >= 0.3 is 0 Å². The molecule has 0 bridgehead atoms. The van der Waals surface area contributed by atoms with Crippen molar-refractivity contribution in [3.63, 3.8) is 0 Å². The van der Waals surface area contributed by atoms with Crippen LogP contribution in [0, 0.1) is 6.92 Å². The molecule has 2 N–H and O–H groups in total. The lowest BCUT2D eigenvalue weighted by Gasteiger charge is -2.30. The summed E-state index contributed by atoms with van der Waals surface area (Å²) in [7, 11) is 3.18. The van der Waals surface area contributed by atoms with Gasteiger partial charge in [0.05, 0.1) is 25.5 Å². The third-order valence-corrected chi connectivity index (χ3v) is 3.83. The maximum atomic E-state index is 12.4. The lowest BCUT2D eigenvalue weighted by molar-refractivity contribution is 0.0935. The van der Waals surface area contributed by atoms with Gasteiger partial charge in [-0.2, -0.15) is 0 Å². The summed E-state index contributed by atoms with van der Waals surface area (Å²) in [6, 6.07) is 11.3. The Balaban J connectivity index is 2.05. The molecule has 0 saturated carbocycles. The minimum Gasteiger partial charge on any atom is -0.493 e. The van der Waals surface area contributed by atoms with Crippen LogP contribution < -0.4 is 20.1 Å². The van der Waals surface area contributed by atoms with Crippen molar-refractivity contribution in [1.29, 1.82) is 0 Å². The molecule has 1 aliphatic heterocycles. The van der Waals surface area contributed by atoms with Gasteiger partial charge in [0.25, 0.3) is 5.91 Å². The Hall–Kier alpha value is -2.69. The highest BCUT2D eigenvalue weighted by Crippen LogP contribution is 2.37. The van der Waals surface area contributed by atoms with E-state index in [1.54, 1.807) is 14.2 Å². The van der Waals surface area contributed by atoms with E-state index in [1.165, 1.54) is 0 Å². The number of amides is 1. The molecule has 1 amide bonds. The summed E-state index contributed by atoms with van der Waals surface area (Å²) in [5.74, 6) is 1.14. The van der Waals surface area contributed by atoms with Crippen molar-refractivity contribution in [3.05, 3.63) is 53.1 Å². The number of carbonyl (C=O) groups is 1. The SMILES string of the molecule is COc1cccc([C@H]2NC(=O)c3cccc(C)c3N2)c1OC. The van der Waals surface area contributed by atoms with Crippen LogP contribution in [0.1, 0.15) is 27.7 Å². The fourth-order valence-corrected chi connectivity index (χ4v) is 2.73. The molecular weight excluding hydrogens is 280 g/mol. The number of anilines is 1. The molecule has 0 fully saturated rings. The van der Waals surface area contributed by atoms with E-state index in [0.717, 1.165) is 16.8 Å². The van der Waals surface area contributed by atoms with Gasteiger partial charge < -0.3 is 20.1 Å². The molecular formula is C17H18N2O3. The van der Waals surface area contributed by atoms with Gasteiger partial charge in [0.2, 0.25) is 0 Å². The summed E-state index contributed by atoms with van der Waals surface area (Å²) in [5.41, 5.74) is 3.35. The van der Waals surface area contributed by atoms with E-state index in [-0.39, 0.29) is 12.1 Å². The molecule has 2 aromatic carbocycles. The summed E-state index contributed by atoms with van der Waals surface area (Å²) in [5, 5.41) is 6.33. The normalized spacial score (nSPS) is 16.3. The van der Waals surface area contributed by atoms with Crippen molar-refractivity contribution in [1.82, 2.24) is 5.32 Å². The number of methoxy groups -OCH3 is 2. The summed E-state index contributed by atoms with van der Waals surface area (Å²) >= 11 is 0. The number of rotatable bonds is 3. The second-order valence-electron chi connectivity index (χ2n) is 5.13. The van der Waals surface area contributed by atoms with Crippen LogP contribution in [0.3, 0.4) is 0 Å². The number of aryl methyl sites for hydroxylation is 1. The Bertz CT molecular complexity index is 728. The second kappa shape index (κ2) is 5.60.